The molecule has 0 radical (unpaired) electrons. The number of thiophene rings is 2. The third kappa shape index (κ3) is 19.6. The van der Waals surface area contributed by atoms with E-state index < -0.39 is 37.0 Å². The van der Waals surface area contributed by atoms with Gasteiger partial charge in [0, 0.05) is 82.0 Å². The van der Waals surface area contributed by atoms with Crippen LogP contribution in [0.1, 0.15) is 109 Å². The van der Waals surface area contributed by atoms with Crippen LogP contribution < -0.4 is 0 Å². The fraction of sp³-hybridized carbons (Fsp3) is 0.417. The van der Waals surface area contributed by atoms with Crippen molar-refractivity contribution in [3.05, 3.63) is 227 Å². The SMILES string of the molecule is CC1=C(Br)C2CC(C)C([Si](C)(C)C3C(C)CC4C(Br)=C(C)SC43)C2S1.CC1=Cc2c(sc(C)c2Br)C1[Si](C)(C)C1C(C)=Cc2c1sc(C)c2Br.[CH3-].[CH3-].[Cl][Zr+2][Cl].[Zr+4].c1ccc([N-]CCC[N-]c2ccccc2)cc1.c1ccc([N-]CCC[N-]c2ccccc2)cc1. The van der Waals surface area contributed by atoms with Crippen molar-refractivity contribution in [3.8, 4) is 0 Å². The van der Waals surface area contributed by atoms with Gasteiger partial charge in [-0.3, -0.25) is 0 Å². The zero-order valence-electron chi connectivity index (χ0n) is 54.8. The Hall–Kier alpha value is -0.160. The normalized spacial score (nSPS) is 23.0. The van der Waals surface area contributed by atoms with Gasteiger partial charge < -0.3 is 36.1 Å². The molecule has 90 heavy (non-hydrogen) atoms. The Morgan fingerprint density at radius 1 is 0.478 bits per heavy atom. The Balaban J connectivity index is 0.000000216. The summed E-state index contributed by atoms with van der Waals surface area (Å²) in [6.45, 7) is 33.0. The van der Waals surface area contributed by atoms with E-state index >= 15 is 0 Å². The van der Waals surface area contributed by atoms with Crippen LogP contribution in [-0.2, 0) is 47.1 Å². The topological polar surface area (TPSA) is 56.4 Å². The zero-order valence-corrected chi connectivity index (χ0v) is 72.9. The number of allylic oxidation sites excluding steroid dienone is 6. The maximum Gasteiger partial charge on any atom is 4.00 e. The molecule has 4 aliphatic carbocycles. The Morgan fingerprint density at radius 2 is 0.756 bits per heavy atom. The van der Waals surface area contributed by atoms with E-state index in [4.69, 9.17) is 17.0 Å². The number of rotatable bonds is 16. The van der Waals surface area contributed by atoms with Crippen LogP contribution in [0.2, 0.25) is 37.3 Å². The van der Waals surface area contributed by atoms with E-state index in [9.17, 15) is 0 Å². The van der Waals surface area contributed by atoms with Gasteiger partial charge in [0.2, 0.25) is 0 Å². The number of hydrogen-bond acceptors (Lipinski definition) is 4. The van der Waals surface area contributed by atoms with Gasteiger partial charge in [-0.25, -0.2) is 0 Å². The smallest absolute Gasteiger partial charge is 0.684 e. The molecule has 480 valence electrons. The molecule has 4 aromatic carbocycles. The summed E-state index contributed by atoms with van der Waals surface area (Å²) in [5.74, 6) is 3.37. The van der Waals surface area contributed by atoms with E-state index in [1.807, 2.05) is 144 Å². The van der Waals surface area contributed by atoms with Crippen LogP contribution in [-0.4, -0.2) is 52.8 Å². The molecular weight excluding hydrogens is 1680 g/mol. The van der Waals surface area contributed by atoms with E-state index in [0.29, 0.717) is 11.1 Å². The predicted octanol–water partition coefficient (Wildman–Crippen LogP) is 28.5. The number of para-hydroxylation sites is 4. The summed E-state index contributed by atoms with van der Waals surface area (Å²) < 4.78 is 5.70. The first-order valence-corrected chi connectivity index (χ1v) is 49.7. The van der Waals surface area contributed by atoms with Crippen LogP contribution in [0.25, 0.3) is 33.4 Å². The summed E-state index contributed by atoms with van der Waals surface area (Å²) in [5, 5.41) is 19.6. The quantitative estimate of drug-likeness (QED) is 0.0551. The molecule has 6 aromatic rings. The molecule has 2 aromatic heterocycles. The Bertz CT molecular complexity index is 3050. The zero-order chi connectivity index (χ0) is 62.7. The van der Waals surface area contributed by atoms with Crippen molar-refractivity contribution in [3.63, 3.8) is 0 Å². The molecule has 18 heteroatoms. The number of halogens is 6. The molecule has 0 amide bonds. The van der Waals surface area contributed by atoms with Crippen LogP contribution in [0.3, 0.4) is 0 Å². The molecule has 10 atom stereocenters. The van der Waals surface area contributed by atoms with Gasteiger partial charge in [-0.05, 0) is 119 Å². The molecule has 0 spiro atoms. The molecule has 2 fully saturated rings. The van der Waals surface area contributed by atoms with Gasteiger partial charge in [0.15, 0.2) is 0 Å². The maximum atomic E-state index is 4.93. The molecule has 4 nitrogen and oxygen atoms in total. The largest absolute Gasteiger partial charge is 4.00 e. The number of benzene rings is 4. The third-order valence-corrected chi connectivity index (χ3v) is 39.7. The van der Waals surface area contributed by atoms with Gasteiger partial charge in [-0.15, -0.1) is 95.1 Å². The van der Waals surface area contributed by atoms with E-state index in [1.165, 1.54) is 51.6 Å². The maximum absolute atomic E-state index is 4.93. The van der Waals surface area contributed by atoms with Crippen molar-refractivity contribution in [2.75, 3.05) is 26.2 Å². The summed E-state index contributed by atoms with van der Waals surface area (Å²) in [6, 6.07) is 40.2. The van der Waals surface area contributed by atoms with Crippen molar-refractivity contribution >= 4 is 178 Å². The second-order valence-corrected chi connectivity index (χ2v) is 47.2. The number of fused-ring (bicyclic) bond motifs is 4. The minimum atomic E-state index is -1.64. The summed E-state index contributed by atoms with van der Waals surface area (Å²) in [5.41, 5.74) is 13.4. The fourth-order valence-electron chi connectivity index (χ4n) is 14.9. The van der Waals surface area contributed by atoms with E-state index in [2.05, 4.69) is 202 Å². The van der Waals surface area contributed by atoms with Crippen molar-refractivity contribution in [1.29, 1.82) is 0 Å². The van der Waals surface area contributed by atoms with Gasteiger partial charge in [0.1, 0.15) is 0 Å². The number of aryl methyl sites for hydroxylation is 2. The minimum absolute atomic E-state index is 0. The summed E-state index contributed by atoms with van der Waals surface area (Å²) >= 11 is 23.1. The number of hydrogen-bond donors (Lipinski definition) is 0. The molecule has 2 saturated carbocycles. The molecule has 0 bridgehead atoms. The first kappa shape index (κ1) is 80.5. The van der Waals surface area contributed by atoms with Gasteiger partial charge in [-0.2, -0.15) is 0 Å². The number of nitrogens with zero attached hydrogens (tertiary/aromatic N) is 4. The standard InChI is InChI=1S/C20H30Br2S2Si.C20H22Br2S2Si.2C15H16N2.2CH3.2ClH.2Zr/c2*1-9-7-13-15(21)11(3)23-17(13)19(9)25(5,6)20-10(2)8-14-16(22)12(4)24-18(14)20;2*1-3-8-14(9-4-1)16-12-7-13-17-15-10-5-2-6-11-15;;;;;;/h9-10,13-14,17-20H,7-8H2,1-6H3;7-8,19-20H,1-6H3;2*1-6,8-11H,7,12-13H2;2*1H3;2*1H;;/q;;2*-2;2*-1;;;2*+4/p-2. The monoisotopic (exact) mass is 1760 g/mol. The van der Waals surface area contributed by atoms with Crippen LogP contribution in [0.4, 0.5) is 22.7 Å². The third-order valence-electron chi connectivity index (χ3n) is 18.3. The van der Waals surface area contributed by atoms with E-state index in [0.717, 1.165) is 107 Å². The van der Waals surface area contributed by atoms with Crippen LogP contribution >= 0.6 is 127 Å². The minimum Gasteiger partial charge on any atom is -0.684 e. The molecule has 10 unspecified atom stereocenters. The second kappa shape index (κ2) is 37.7. The van der Waals surface area contributed by atoms with E-state index in [1.54, 1.807) is 30.7 Å². The van der Waals surface area contributed by atoms with Crippen LogP contribution in [0.15, 0.2) is 160 Å². The van der Waals surface area contributed by atoms with Crippen molar-refractivity contribution in [1.82, 2.24) is 0 Å². The summed E-state index contributed by atoms with van der Waals surface area (Å²) in [6.07, 6.45) is 9.66. The molecule has 6 aliphatic rings. The van der Waals surface area contributed by atoms with Crippen molar-refractivity contribution in [2.24, 2.45) is 23.7 Å². The average molecular weight is 1770 g/mol. The average Bonchev–Trinajstić information content (AvgIpc) is 1.59. The van der Waals surface area contributed by atoms with Gasteiger partial charge in [0.25, 0.3) is 0 Å². The molecule has 2 aliphatic heterocycles. The van der Waals surface area contributed by atoms with Gasteiger partial charge >= 0.3 is 64.1 Å². The van der Waals surface area contributed by atoms with Gasteiger partial charge in [-0.1, -0.05) is 229 Å². The number of thioether (sulfide) groups is 2. The molecular formula is C72H90Br4Cl2N4S4Si2Zr2. The molecule has 0 N–H and O–H groups in total. The van der Waals surface area contributed by atoms with Crippen molar-refractivity contribution < 1.29 is 47.1 Å². The van der Waals surface area contributed by atoms with Gasteiger partial charge in [0.05, 0.1) is 16.1 Å². The second-order valence-electron chi connectivity index (χ2n) is 25.1. The molecule has 0 saturated heterocycles. The Morgan fingerprint density at radius 3 is 1.03 bits per heavy atom. The summed E-state index contributed by atoms with van der Waals surface area (Å²) in [7, 11) is 6.84. The van der Waals surface area contributed by atoms with Crippen molar-refractivity contribution in [2.45, 2.75) is 140 Å². The van der Waals surface area contributed by atoms with Crippen LogP contribution in [0.5, 0.6) is 0 Å². The Kier molecular flexibility index (Phi) is 33.7. The molecule has 4 heterocycles. The van der Waals surface area contributed by atoms with Crippen LogP contribution in [0, 0.1) is 52.4 Å². The molecule has 12 rings (SSSR count). The fourth-order valence-corrected chi connectivity index (χ4v) is 38.3. The first-order chi connectivity index (χ1) is 41.6. The Labute approximate surface area is 633 Å². The first-order valence-electron chi connectivity index (χ1n) is 30.5. The van der Waals surface area contributed by atoms with E-state index in [-0.39, 0.29) is 41.1 Å². The summed E-state index contributed by atoms with van der Waals surface area (Å²) in [4.78, 5) is 9.16. The predicted molar refractivity (Wildman–Crippen MR) is 420 cm³/mol.